The van der Waals surface area contributed by atoms with Crippen LogP contribution in [-0.4, -0.2) is 45.8 Å². The van der Waals surface area contributed by atoms with Crippen LogP contribution in [0.1, 0.15) is 12.2 Å². The molecule has 0 saturated heterocycles. The topological polar surface area (TPSA) is 82.9 Å². The molecule has 0 radical (unpaired) electrons. The van der Waals surface area contributed by atoms with E-state index in [-0.39, 0.29) is 0 Å². The Morgan fingerprint density at radius 3 is 2.88 bits per heavy atom. The Balaban J connectivity index is 1.37. The highest BCUT2D eigenvalue weighted by atomic mass is 15.3. The average Bonchev–Trinajstić information content (AvgIpc) is 3.25. The molecule has 3 N–H and O–H groups in total. The number of aryl methyl sites for hydroxylation is 1. The van der Waals surface area contributed by atoms with Gasteiger partial charge in [-0.25, -0.2) is 4.98 Å². The Kier molecular flexibility index (Phi) is 5.44. The van der Waals surface area contributed by atoms with Crippen molar-refractivity contribution in [1.82, 2.24) is 30.4 Å². The number of fused-ring (bicyclic) bond motifs is 1. The lowest BCUT2D eigenvalue weighted by Crippen LogP contribution is -2.39. The van der Waals surface area contributed by atoms with Crippen LogP contribution >= 0.6 is 0 Å². The second kappa shape index (κ2) is 8.14. The van der Waals surface area contributed by atoms with E-state index in [1.165, 1.54) is 0 Å². The molecule has 2 heterocycles. The van der Waals surface area contributed by atoms with Crippen molar-refractivity contribution in [2.24, 2.45) is 4.99 Å². The third kappa shape index (κ3) is 4.34. The zero-order valence-corrected chi connectivity index (χ0v) is 13.9. The van der Waals surface area contributed by atoms with Gasteiger partial charge in [0, 0.05) is 45.5 Å². The van der Waals surface area contributed by atoms with Gasteiger partial charge in [0.1, 0.15) is 5.82 Å². The summed E-state index contributed by atoms with van der Waals surface area (Å²) in [7, 11) is 1.78. The fraction of sp³-hybridized carbons (Fsp3) is 0.353. The van der Waals surface area contributed by atoms with E-state index in [0.29, 0.717) is 0 Å². The summed E-state index contributed by atoms with van der Waals surface area (Å²) < 4.78 is 1.93. The summed E-state index contributed by atoms with van der Waals surface area (Å²) in [6.07, 6.45) is 5.58. The molecule has 0 aliphatic heterocycles. The molecule has 0 amide bonds. The summed E-state index contributed by atoms with van der Waals surface area (Å²) in [5.74, 6) is 1.80. The van der Waals surface area contributed by atoms with Crippen molar-refractivity contribution < 1.29 is 0 Å². The van der Waals surface area contributed by atoms with E-state index >= 15 is 0 Å². The van der Waals surface area contributed by atoms with Gasteiger partial charge in [-0.05, 0) is 24.6 Å². The lowest BCUT2D eigenvalue weighted by molar-refractivity contribution is 0.570. The molecule has 0 atom stereocenters. The molecule has 0 saturated carbocycles. The molecule has 7 nitrogen and oxygen atoms in total. The first kappa shape index (κ1) is 16.0. The van der Waals surface area contributed by atoms with Crippen LogP contribution in [0, 0.1) is 0 Å². The van der Waals surface area contributed by atoms with Gasteiger partial charge in [0.2, 0.25) is 0 Å². The van der Waals surface area contributed by atoms with Gasteiger partial charge in [0.25, 0.3) is 0 Å². The van der Waals surface area contributed by atoms with Crippen LogP contribution in [0.25, 0.3) is 11.0 Å². The number of benzene rings is 1. The molecule has 7 heteroatoms. The van der Waals surface area contributed by atoms with Gasteiger partial charge in [-0.1, -0.05) is 12.1 Å². The fourth-order valence-electron chi connectivity index (χ4n) is 2.52. The Labute approximate surface area is 141 Å². The Bertz CT molecular complexity index is 740. The van der Waals surface area contributed by atoms with Crippen molar-refractivity contribution in [2.75, 3.05) is 20.1 Å². The first-order chi connectivity index (χ1) is 11.8. The number of imidazole rings is 1. The highest BCUT2D eigenvalue weighted by molar-refractivity contribution is 5.79. The maximum absolute atomic E-state index is 4.57. The molecular formula is C17H23N7. The van der Waals surface area contributed by atoms with Crippen molar-refractivity contribution >= 4 is 17.0 Å². The van der Waals surface area contributed by atoms with E-state index in [4.69, 9.17) is 0 Å². The minimum Gasteiger partial charge on any atom is -0.356 e. The Hall–Kier alpha value is -2.83. The molecule has 0 unspecified atom stereocenters. The predicted octanol–water partition coefficient (Wildman–Crippen LogP) is 1.56. The van der Waals surface area contributed by atoms with E-state index in [9.17, 15) is 0 Å². The Morgan fingerprint density at radius 1 is 1.21 bits per heavy atom. The van der Waals surface area contributed by atoms with E-state index in [2.05, 4.69) is 30.7 Å². The minimum atomic E-state index is 0.776. The SMILES string of the molecule is CN=C(NCCCn1cccn1)NCCc1nc2ccccc2[nH]1. The highest BCUT2D eigenvalue weighted by Crippen LogP contribution is 2.10. The zero-order valence-electron chi connectivity index (χ0n) is 13.9. The van der Waals surface area contributed by atoms with Gasteiger partial charge in [-0.2, -0.15) is 5.10 Å². The smallest absolute Gasteiger partial charge is 0.190 e. The number of nitrogens with one attached hydrogen (secondary N) is 3. The van der Waals surface area contributed by atoms with E-state index in [0.717, 1.165) is 55.3 Å². The van der Waals surface area contributed by atoms with Gasteiger partial charge >= 0.3 is 0 Å². The van der Waals surface area contributed by atoms with Crippen LogP contribution in [0.2, 0.25) is 0 Å². The van der Waals surface area contributed by atoms with Gasteiger partial charge in [0.05, 0.1) is 11.0 Å². The third-order valence-electron chi connectivity index (χ3n) is 3.73. The van der Waals surface area contributed by atoms with Gasteiger partial charge in [-0.15, -0.1) is 0 Å². The number of aromatic amines is 1. The number of para-hydroxylation sites is 2. The highest BCUT2D eigenvalue weighted by Gasteiger charge is 2.02. The molecule has 1 aromatic carbocycles. The normalized spacial score (nSPS) is 11.8. The quantitative estimate of drug-likeness (QED) is 0.350. The van der Waals surface area contributed by atoms with Crippen molar-refractivity contribution in [1.29, 1.82) is 0 Å². The van der Waals surface area contributed by atoms with Crippen LogP contribution < -0.4 is 10.6 Å². The number of guanidine groups is 1. The molecule has 2 aromatic heterocycles. The summed E-state index contributed by atoms with van der Waals surface area (Å²) in [6.45, 7) is 2.53. The van der Waals surface area contributed by atoms with Crippen LogP contribution in [0.3, 0.4) is 0 Å². The van der Waals surface area contributed by atoms with Crippen LogP contribution in [0.15, 0.2) is 47.7 Å². The van der Waals surface area contributed by atoms with Crippen molar-refractivity contribution in [2.45, 2.75) is 19.4 Å². The minimum absolute atomic E-state index is 0.776. The maximum atomic E-state index is 4.57. The van der Waals surface area contributed by atoms with E-state index < -0.39 is 0 Å². The van der Waals surface area contributed by atoms with E-state index in [1.54, 1.807) is 13.2 Å². The molecule has 0 aliphatic rings. The number of hydrogen-bond donors (Lipinski definition) is 3. The number of aromatic nitrogens is 4. The largest absolute Gasteiger partial charge is 0.356 e. The van der Waals surface area contributed by atoms with Crippen LogP contribution in [0.5, 0.6) is 0 Å². The van der Waals surface area contributed by atoms with Crippen LogP contribution in [-0.2, 0) is 13.0 Å². The predicted molar refractivity (Wildman–Crippen MR) is 96.0 cm³/mol. The van der Waals surface area contributed by atoms with Gasteiger partial charge in [-0.3, -0.25) is 9.67 Å². The summed E-state index contributed by atoms with van der Waals surface area (Å²) in [5, 5.41) is 10.8. The lowest BCUT2D eigenvalue weighted by atomic mass is 10.3. The summed E-state index contributed by atoms with van der Waals surface area (Å²) in [6, 6.07) is 10.0. The summed E-state index contributed by atoms with van der Waals surface area (Å²) in [4.78, 5) is 12.1. The molecule has 3 aromatic rings. The molecule has 0 spiro atoms. The zero-order chi connectivity index (χ0) is 16.6. The first-order valence-corrected chi connectivity index (χ1v) is 8.21. The molecule has 0 fully saturated rings. The van der Waals surface area contributed by atoms with Gasteiger partial charge in [0.15, 0.2) is 5.96 Å². The van der Waals surface area contributed by atoms with Crippen molar-refractivity contribution in [3.63, 3.8) is 0 Å². The molecule has 3 rings (SSSR count). The maximum Gasteiger partial charge on any atom is 0.190 e. The molecule has 0 aliphatic carbocycles. The standard InChI is InChI=1S/C17H23N7/c1-18-17(19-9-4-12-24-13-5-10-21-24)20-11-8-16-22-14-6-2-3-7-15(14)23-16/h2-3,5-7,10,13H,4,8-9,11-12H2,1H3,(H,22,23)(H2,18,19,20). The van der Waals surface area contributed by atoms with E-state index in [1.807, 2.05) is 41.2 Å². The van der Waals surface area contributed by atoms with Crippen molar-refractivity contribution in [3.8, 4) is 0 Å². The summed E-state index contributed by atoms with van der Waals surface area (Å²) >= 11 is 0. The van der Waals surface area contributed by atoms with Crippen molar-refractivity contribution in [3.05, 3.63) is 48.5 Å². The number of hydrogen-bond acceptors (Lipinski definition) is 3. The monoisotopic (exact) mass is 325 g/mol. The molecule has 24 heavy (non-hydrogen) atoms. The number of H-pyrrole nitrogens is 1. The number of nitrogens with zero attached hydrogens (tertiary/aromatic N) is 4. The molecule has 126 valence electrons. The fourth-order valence-corrected chi connectivity index (χ4v) is 2.52. The number of aliphatic imine (C=N–C) groups is 1. The first-order valence-electron chi connectivity index (χ1n) is 8.21. The number of rotatable bonds is 7. The third-order valence-corrected chi connectivity index (χ3v) is 3.73. The second-order valence-corrected chi connectivity index (χ2v) is 5.50. The average molecular weight is 325 g/mol. The summed E-state index contributed by atoms with van der Waals surface area (Å²) in [5.41, 5.74) is 2.09. The molecule has 0 bridgehead atoms. The molecular weight excluding hydrogens is 302 g/mol. The van der Waals surface area contributed by atoms with Crippen LogP contribution in [0.4, 0.5) is 0 Å². The lowest BCUT2D eigenvalue weighted by Gasteiger charge is -2.11. The second-order valence-electron chi connectivity index (χ2n) is 5.50. The Morgan fingerprint density at radius 2 is 2.08 bits per heavy atom. The van der Waals surface area contributed by atoms with Gasteiger partial charge < -0.3 is 15.6 Å².